The summed E-state index contributed by atoms with van der Waals surface area (Å²) in [6.07, 6.45) is 0.831. The maximum atomic E-state index is 13.9. The molecule has 4 rings (SSSR count). The summed E-state index contributed by atoms with van der Waals surface area (Å²) >= 11 is 0. The highest BCUT2D eigenvalue weighted by molar-refractivity contribution is 5.91. The molecule has 3 aromatic rings. The Balaban J connectivity index is 1.81. The van der Waals surface area contributed by atoms with Crippen molar-refractivity contribution >= 4 is 16.5 Å². The Bertz CT molecular complexity index is 794. The molecule has 0 spiro atoms. The minimum Gasteiger partial charge on any atom is -0.378 e. The largest absolute Gasteiger partial charge is 0.378 e. The number of halogens is 1. The molecule has 1 aliphatic heterocycles. The zero-order chi connectivity index (χ0) is 13.5. The minimum absolute atomic E-state index is 0.0250. The summed E-state index contributed by atoms with van der Waals surface area (Å²) in [7, 11) is 0. The van der Waals surface area contributed by atoms with Crippen molar-refractivity contribution in [3.8, 4) is 0 Å². The second kappa shape index (κ2) is 4.34. The molecule has 1 atom stereocenters. The highest BCUT2D eigenvalue weighted by atomic mass is 19.1. The van der Waals surface area contributed by atoms with Crippen LogP contribution in [0, 0.1) is 5.82 Å². The molecule has 1 nitrogen and oxygen atoms in total. The van der Waals surface area contributed by atoms with Gasteiger partial charge in [-0.15, -0.1) is 0 Å². The van der Waals surface area contributed by atoms with Gasteiger partial charge < -0.3 is 5.32 Å². The van der Waals surface area contributed by atoms with Crippen LogP contribution in [0.25, 0.3) is 10.8 Å². The van der Waals surface area contributed by atoms with Crippen molar-refractivity contribution in [2.45, 2.75) is 12.5 Å². The Morgan fingerprint density at radius 1 is 0.900 bits per heavy atom. The summed E-state index contributed by atoms with van der Waals surface area (Å²) in [5.74, 6) is -0.137. The SMILES string of the molecule is Fc1ccccc1C1Cc2c(ccc3ccccc23)N1. The molecule has 1 heterocycles. The second-order valence-electron chi connectivity index (χ2n) is 5.24. The van der Waals surface area contributed by atoms with Gasteiger partial charge in [0.2, 0.25) is 0 Å². The molecule has 0 fully saturated rings. The molecular formula is C18H14FN. The lowest BCUT2D eigenvalue weighted by Crippen LogP contribution is -2.07. The summed E-state index contributed by atoms with van der Waals surface area (Å²) in [6, 6.07) is 19.6. The first-order valence-corrected chi connectivity index (χ1v) is 6.84. The van der Waals surface area contributed by atoms with Gasteiger partial charge in [0.25, 0.3) is 0 Å². The number of hydrogen-bond acceptors (Lipinski definition) is 1. The second-order valence-corrected chi connectivity index (χ2v) is 5.24. The quantitative estimate of drug-likeness (QED) is 0.671. The van der Waals surface area contributed by atoms with Gasteiger partial charge >= 0.3 is 0 Å². The molecule has 0 saturated carbocycles. The molecule has 0 amide bonds. The zero-order valence-electron chi connectivity index (χ0n) is 10.9. The number of rotatable bonds is 1. The highest BCUT2D eigenvalue weighted by Crippen LogP contribution is 2.38. The predicted molar refractivity (Wildman–Crippen MR) is 80.4 cm³/mol. The fraction of sp³-hybridized carbons (Fsp3) is 0.111. The summed E-state index contributed by atoms with van der Waals surface area (Å²) in [6.45, 7) is 0. The molecule has 20 heavy (non-hydrogen) atoms. The van der Waals surface area contributed by atoms with E-state index in [2.05, 4.69) is 35.6 Å². The molecule has 2 heteroatoms. The van der Waals surface area contributed by atoms with Crippen LogP contribution in [-0.4, -0.2) is 0 Å². The van der Waals surface area contributed by atoms with E-state index in [1.807, 2.05) is 18.2 Å². The first-order valence-electron chi connectivity index (χ1n) is 6.84. The Morgan fingerprint density at radius 2 is 1.70 bits per heavy atom. The Kier molecular flexibility index (Phi) is 2.49. The van der Waals surface area contributed by atoms with Crippen molar-refractivity contribution in [2.75, 3.05) is 5.32 Å². The van der Waals surface area contributed by atoms with E-state index >= 15 is 0 Å². The number of fused-ring (bicyclic) bond motifs is 3. The van der Waals surface area contributed by atoms with Crippen LogP contribution in [0.4, 0.5) is 10.1 Å². The average Bonchev–Trinajstić information content (AvgIpc) is 2.92. The van der Waals surface area contributed by atoms with Gasteiger partial charge in [0.1, 0.15) is 5.82 Å². The summed E-state index contributed by atoms with van der Waals surface area (Å²) < 4.78 is 13.9. The van der Waals surface area contributed by atoms with Crippen LogP contribution in [0.2, 0.25) is 0 Å². The van der Waals surface area contributed by atoms with Crippen LogP contribution in [0.3, 0.4) is 0 Å². The molecule has 1 N–H and O–H groups in total. The third kappa shape index (κ3) is 1.68. The zero-order valence-corrected chi connectivity index (χ0v) is 10.9. The molecule has 0 saturated heterocycles. The number of nitrogens with one attached hydrogen (secondary N) is 1. The number of hydrogen-bond donors (Lipinski definition) is 1. The molecule has 98 valence electrons. The number of anilines is 1. The van der Waals surface area contributed by atoms with Gasteiger partial charge in [-0.1, -0.05) is 48.5 Å². The van der Waals surface area contributed by atoms with Crippen molar-refractivity contribution in [2.24, 2.45) is 0 Å². The summed E-state index contributed by atoms with van der Waals surface area (Å²) in [5, 5.41) is 5.94. The molecule has 0 radical (unpaired) electrons. The van der Waals surface area contributed by atoms with E-state index in [-0.39, 0.29) is 11.9 Å². The first kappa shape index (κ1) is 11.5. The fourth-order valence-corrected chi connectivity index (χ4v) is 3.08. The van der Waals surface area contributed by atoms with Crippen LogP contribution < -0.4 is 5.32 Å². The standard InChI is InChI=1S/C18H14FN/c19-16-8-4-3-7-14(16)18-11-15-13-6-2-1-5-12(13)9-10-17(15)20-18/h1-10,18,20H,11H2. The lowest BCUT2D eigenvalue weighted by molar-refractivity contribution is 0.596. The van der Waals surface area contributed by atoms with Crippen molar-refractivity contribution in [1.29, 1.82) is 0 Å². The Morgan fingerprint density at radius 3 is 2.60 bits per heavy atom. The molecule has 3 aromatic carbocycles. The monoisotopic (exact) mass is 263 g/mol. The Hall–Kier alpha value is -2.35. The van der Waals surface area contributed by atoms with Crippen LogP contribution in [-0.2, 0) is 6.42 Å². The van der Waals surface area contributed by atoms with E-state index in [1.54, 1.807) is 6.07 Å². The van der Waals surface area contributed by atoms with Gasteiger partial charge in [0, 0.05) is 11.3 Å². The van der Waals surface area contributed by atoms with Crippen LogP contribution in [0.15, 0.2) is 60.7 Å². The van der Waals surface area contributed by atoms with Gasteiger partial charge in [-0.2, -0.15) is 0 Å². The molecule has 0 bridgehead atoms. The lowest BCUT2D eigenvalue weighted by Gasteiger charge is -2.12. The first-order chi connectivity index (χ1) is 9.83. The van der Waals surface area contributed by atoms with E-state index in [4.69, 9.17) is 0 Å². The predicted octanol–water partition coefficient (Wildman–Crippen LogP) is 4.69. The maximum absolute atomic E-state index is 13.9. The van der Waals surface area contributed by atoms with Gasteiger partial charge in [0.15, 0.2) is 0 Å². The minimum atomic E-state index is -0.137. The molecule has 1 aliphatic rings. The third-order valence-electron chi connectivity index (χ3n) is 4.06. The van der Waals surface area contributed by atoms with Gasteiger partial charge in [-0.25, -0.2) is 4.39 Å². The van der Waals surface area contributed by atoms with Crippen molar-refractivity contribution < 1.29 is 4.39 Å². The molecule has 0 aromatic heterocycles. The molecule has 0 aliphatic carbocycles. The normalized spacial score (nSPS) is 16.9. The van der Waals surface area contributed by atoms with Crippen LogP contribution in [0.5, 0.6) is 0 Å². The van der Waals surface area contributed by atoms with Gasteiger partial charge in [-0.05, 0) is 34.9 Å². The molecular weight excluding hydrogens is 249 g/mol. The Labute approximate surface area is 117 Å². The smallest absolute Gasteiger partial charge is 0.128 e. The maximum Gasteiger partial charge on any atom is 0.128 e. The topological polar surface area (TPSA) is 12.0 Å². The van der Waals surface area contributed by atoms with Gasteiger partial charge in [-0.3, -0.25) is 0 Å². The van der Waals surface area contributed by atoms with E-state index in [0.29, 0.717) is 0 Å². The van der Waals surface area contributed by atoms with E-state index in [1.165, 1.54) is 22.4 Å². The average molecular weight is 263 g/mol. The van der Waals surface area contributed by atoms with E-state index < -0.39 is 0 Å². The van der Waals surface area contributed by atoms with E-state index in [9.17, 15) is 4.39 Å². The van der Waals surface area contributed by atoms with Crippen LogP contribution in [0.1, 0.15) is 17.2 Å². The lowest BCUT2D eigenvalue weighted by atomic mass is 9.98. The van der Waals surface area contributed by atoms with Crippen molar-refractivity contribution in [1.82, 2.24) is 0 Å². The highest BCUT2D eigenvalue weighted by Gasteiger charge is 2.25. The summed E-state index contributed by atoms with van der Waals surface area (Å²) in [5.41, 5.74) is 3.15. The fourth-order valence-electron chi connectivity index (χ4n) is 3.08. The van der Waals surface area contributed by atoms with Crippen molar-refractivity contribution in [3.05, 3.63) is 77.6 Å². The van der Waals surface area contributed by atoms with Gasteiger partial charge in [0.05, 0.1) is 6.04 Å². The third-order valence-corrected chi connectivity index (χ3v) is 4.06. The van der Waals surface area contributed by atoms with Crippen molar-refractivity contribution in [3.63, 3.8) is 0 Å². The van der Waals surface area contributed by atoms with Crippen LogP contribution >= 0.6 is 0 Å². The molecule has 1 unspecified atom stereocenters. The van der Waals surface area contributed by atoms with E-state index in [0.717, 1.165) is 17.7 Å². The summed E-state index contributed by atoms with van der Waals surface area (Å²) in [4.78, 5) is 0. The number of benzene rings is 3.